The van der Waals surface area contributed by atoms with Crippen LogP contribution in [0.3, 0.4) is 0 Å². The number of fused-ring (bicyclic) bond motifs is 4. The Hall–Kier alpha value is -1.88. The Kier molecular flexibility index (Phi) is 4.50. The normalized spacial score (nSPS) is 21.5. The molecule has 2 aliphatic rings. The lowest BCUT2D eigenvalue weighted by Crippen LogP contribution is -2.43. The van der Waals surface area contributed by atoms with E-state index in [1.807, 2.05) is 18.0 Å². The van der Waals surface area contributed by atoms with Gasteiger partial charge in [-0.05, 0) is 30.5 Å². The van der Waals surface area contributed by atoms with Crippen molar-refractivity contribution in [3.8, 4) is 0 Å². The van der Waals surface area contributed by atoms with E-state index in [0.29, 0.717) is 17.7 Å². The van der Waals surface area contributed by atoms with Crippen molar-refractivity contribution in [3.05, 3.63) is 53.6 Å². The molecule has 1 saturated heterocycles. The smallest absolute Gasteiger partial charge is 0.227 e. The number of carbonyl (C=O) groups excluding carboxylic acids is 1. The minimum Gasteiger partial charge on any atom is -0.332 e. The van der Waals surface area contributed by atoms with Crippen molar-refractivity contribution in [2.45, 2.75) is 61.8 Å². The van der Waals surface area contributed by atoms with Crippen LogP contribution in [0.5, 0.6) is 0 Å². The van der Waals surface area contributed by atoms with Crippen LogP contribution in [0, 0.1) is 0 Å². The Morgan fingerprint density at radius 2 is 2.08 bits per heavy atom. The Morgan fingerprint density at radius 1 is 1.28 bits per heavy atom. The van der Waals surface area contributed by atoms with Gasteiger partial charge in [-0.1, -0.05) is 26.0 Å². The summed E-state index contributed by atoms with van der Waals surface area (Å²) in [6.07, 6.45) is 6.95. The van der Waals surface area contributed by atoms with Gasteiger partial charge in [-0.15, -0.1) is 11.8 Å². The van der Waals surface area contributed by atoms with Crippen LogP contribution in [-0.2, 0) is 17.6 Å². The number of carbonyl (C=O) groups is 1. The van der Waals surface area contributed by atoms with Gasteiger partial charge < -0.3 is 4.90 Å². The maximum atomic E-state index is 13.0. The van der Waals surface area contributed by atoms with Crippen LogP contribution in [0.2, 0.25) is 0 Å². The summed E-state index contributed by atoms with van der Waals surface area (Å²) in [5.74, 6) is 0.228. The third-order valence-electron chi connectivity index (χ3n) is 5.06. The monoisotopic (exact) mass is 353 g/mol. The van der Waals surface area contributed by atoms with Crippen LogP contribution < -0.4 is 0 Å². The van der Waals surface area contributed by atoms with E-state index in [4.69, 9.17) is 0 Å². The molecule has 1 aromatic heterocycles. The van der Waals surface area contributed by atoms with Crippen molar-refractivity contribution in [3.63, 3.8) is 0 Å². The lowest BCUT2D eigenvalue weighted by Gasteiger charge is -2.35. The second kappa shape index (κ2) is 6.79. The van der Waals surface area contributed by atoms with Crippen LogP contribution in [-0.4, -0.2) is 32.1 Å². The van der Waals surface area contributed by atoms with Gasteiger partial charge in [-0.25, -0.2) is 9.97 Å². The fraction of sp³-hybridized carbons (Fsp3) is 0.450. The van der Waals surface area contributed by atoms with E-state index in [0.717, 1.165) is 36.1 Å². The standard InChI is InChI=1S/C20H23N3OS/c1-13(2)25-16-6-3-14(4-7-16)9-20(24)23-15-5-8-19(23)17-11-21-12-22-18(17)10-15/h3-4,6-7,11-13,15,19H,5,8-10H2,1-2H3. The van der Waals surface area contributed by atoms with E-state index in [1.54, 1.807) is 6.33 Å². The first-order valence-electron chi connectivity index (χ1n) is 8.97. The van der Waals surface area contributed by atoms with Crippen molar-refractivity contribution < 1.29 is 4.79 Å². The summed E-state index contributed by atoms with van der Waals surface area (Å²) in [6.45, 7) is 4.38. The minimum absolute atomic E-state index is 0.165. The Bertz CT molecular complexity index is 775. The average Bonchev–Trinajstić information content (AvgIpc) is 2.91. The van der Waals surface area contributed by atoms with Gasteiger partial charge >= 0.3 is 0 Å². The molecule has 2 atom stereocenters. The maximum Gasteiger partial charge on any atom is 0.227 e. The molecular weight excluding hydrogens is 330 g/mol. The van der Waals surface area contributed by atoms with Crippen molar-refractivity contribution in [2.75, 3.05) is 0 Å². The number of aromatic nitrogens is 2. The number of hydrogen-bond donors (Lipinski definition) is 0. The molecule has 4 nitrogen and oxygen atoms in total. The molecule has 1 aromatic carbocycles. The van der Waals surface area contributed by atoms with Gasteiger partial charge in [-0.3, -0.25) is 4.79 Å². The van der Waals surface area contributed by atoms with Crippen molar-refractivity contribution in [1.82, 2.24) is 14.9 Å². The number of amides is 1. The highest BCUT2D eigenvalue weighted by Crippen LogP contribution is 2.42. The van der Waals surface area contributed by atoms with Crippen LogP contribution in [0.1, 0.15) is 49.6 Å². The SMILES string of the molecule is CC(C)Sc1ccc(CC(=O)N2C3CCC2c2cncnc2C3)cc1. The predicted octanol–water partition coefficient (Wildman–Crippen LogP) is 3.81. The molecule has 3 heterocycles. The van der Waals surface area contributed by atoms with Crippen molar-refractivity contribution >= 4 is 17.7 Å². The molecule has 2 aliphatic heterocycles. The number of benzene rings is 1. The maximum absolute atomic E-state index is 13.0. The third kappa shape index (κ3) is 3.30. The van der Waals surface area contributed by atoms with Crippen molar-refractivity contribution in [2.24, 2.45) is 0 Å². The largest absolute Gasteiger partial charge is 0.332 e. The summed E-state index contributed by atoms with van der Waals surface area (Å²) in [6, 6.07) is 8.90. The summed E-state index contributed by atoms with van der Waals surface area (Å²) in [5, 5.41) is 0.568. The summed E-state index contributed by atoms with van der Waals surface area (Å²) in [7, 11) is 0. The zero-order valence-electron chi connectivity index (χ0n) is 14.7. The molecular formula is C20H23N3OS. The van der Waals surface area contributed by atoms with Crippen molar-refractivity contribution in [1.29, 1.82) is 0 Å². The van der Waals surface area contributed by atoms with E-state index in [-0.39, 0.29) is 11.9 Å². The van der Waals surface area contributed by atoms with E-state index in [1.165, 1.54) is 4.90 Å². The van der Waals surface area contributed by atoms with Gasteiger partial charge in [0.25, 0.3) is 0 Å². The Balaban J connectivity index is 1.49. The molecule has 2 bridgehead atoms. The Labute approximate surface area is 153 Å². The van der Waals surface area contributed by atoms with Crippen LogP contribution >= 0.6 is 11.8 Å². The van der Waals surface area contributed by atoms with E-state index in [2.05, 4.69) is 53.0 Å². The van der Waals surface area contributed by atoms with Gasteiger partial charge in [0.1, 0.15) is 6.33 Å². The molecule has 25 heavy (non-hydrogen) atoms. The van der Waals surface area contributed by atoms with Gasteiger partial charge in [0, 0.05) is 34.4 Å². The quantitative estimate of drug-likeness (QED) is 0.784. The number of thioether (sulfide) groups is 1. The highest BCUT2D eigenvalue weighted by molar-refractivity contribution is 7.99. The highest BCUT2D eigenvalue weighted by Gasteiger charge is 2.42. The molecule has 0 aliphatic carbocycles. The minimum atomic E-state index is 0.165. The van der Waals surface area contributed by atoms with Crippen LogP contribution in [0.4, 0.5) is 0 Å². The predicted molar refractivity (Wildman–Crippen MR) is 99.5 cm³/mol. The third-order valence-corrected chi connectivity index (χ3v) is 6.07. The molecule has 2 aromatic rings. The first-order chi connectivity index (χ1) is 12.1. The molecule has 1 fully saturated rings. The Morgan fingerprint density at radius 3 is 2.84 bits per heavy atom. The molecule has 0 spiro atoms. The molecule has 0 saturated carbocycles. The molecule has 2 unspecified atom stereocenters. The van der Waals surface area contributed by atoms with Crippen LogP contribution in [0.15, 0.2) is 41.7 Å². The number of hydrogen-bond acceptors (Lipinski definition) is 4. The van der Waals surface area contributed by atoms with Gasteiger partial charge in [0.15, 0.2) is 0 Å². The molecule has 5 heteroatoms. The summed E-state index contributed by atoms with van der Waals surface area (Å²) in [4.78, 5) is 24.9. The second-order valence-electron chi connectivity index (χ2n) is 7.16. The molecule has 130 valence electrons. The molecule has 0 radical (unpaired) electrons. The lowest BCUT2D eigenvalue weighted by molar-refractivity contribution is -0.134. The fourth-order valence-corrected chi connectivity index (χ4v) is 4.87. The molecule has 4 rings (SSSR count). The topological polar surface area (TPSA) is 46.1 Å². The highest BCUT2D eigenvalue weighted by atomic mass is 32.2. The van der Waals surface area contributed by atoms with Gasteiger partial charge in [0.05, 0.1) is 18.2 Å². The van der Waals surface area contributed by atoms with Gasteiger partial charge in [-0.2, -0.15) is 0 Å². The van der Waals surface area contributed by atoms with Crippen LogP contribution in [0.25, 0.3) is 0 Å². The summed E-state index contributed by atoms with van der Waals surface area (Å²) in [5.41, 5.74) is 3.36. The van der Waals surface area contributed by atoms with Gasteiger partial charge in [0.2, 0.25) is 5.91 Å². The second-order valence-corrected chi connectivity index (χ2v) is 8.81. The average molecular weight is 353 g/mol. The lowest BCUT2D eigenvalue weighted by atomic mass is 9.98. The summed E-state index contributed by atoms with van der Waals surface area (Å²) >= 11 is 1.85. The zero-order valence-corrected chi connectivity index (χ0v) is 15.5. The first-order valence-corrected chi connectivity index (χ1v) is 9.85. The fourth-order valence-electron chi connectivity index (χ4n) is 4.03. The first kappa shape index (κ1) is 16.6. The number of nitrogens with zero attached hydrogens (tertiary/aromatic N) is 3. The zero-order chi connectivity index (χ0) is 17.4. The number of rotatable bonds is 4. The van der Waals surface area contributed by atoms with E-state index in [9.17, 15) is 4.79 Å². The van der Waals surface area contributed by atoms with E-state index >= 15 is 0 Å². The molecule has 1 amide bonds. The van der Waals surface area contributed by atoms with E-state index < -0.39 is 0 Å². The molecule has 0 N–H and O–H groups in total. The summed E-state index contributed by atoms with van der Waals surface area (Å²) < 4.78 is 0.